The zero-order valence-electron chi connectivity index (χ0n) is 11.6. The lowest BCUT2D eigenvalue weighted by Crippen LogP contribution is -2.39. The van der Waals surface area contributed by atoms with E-state index >= 15 is 0 Å². The number of rotatable bonds is 5. The first-order valence-electron chi connectivity index (χ1n) is 6.85. The number of carboxylic acid groups (broad SMARTS) is 1. The Kier molecular flexibility index (Phi) is 4.74. The summed E-state index contributed by atoms with van der Waals surface area (Å²) in [5, 5.41) is 11.0. The van der Waals surface area contributed by atoms with Gasteiger partial charge >= 0.3 is 5.97 Å². The molecule has 2 rings (SSSR count). The minimum absolute atomic E-state index is 0.230. The molecule has 1 aliphatic heterocycles. The van der Waals surface area contributed by atoms with Gasteiger partial charge in [-0.15, -0.1) is 0 Å². The number of aryl methyl sites for hydroxylation is 1. The lowest BCUT2D eigenvalue weighted by atomic mass is 10.0. The third-order valence-corrected chi connectivity index (χ3v) is 3.61. The van der Waals surface area contributed by atoms with Crippen LogP contribution >= 0.6 is 0 Å². The van der Waals surface area contributed by atoms with Crippen LogP contribution in [0, 0.1) is 6.92 Å². The van der Waals surface area contributed by atoms with Crippen molar-refractivity contribution in [3.8, 4) is 0 Å². The molecule has 5 heteroatoms. The number of nitrogens with zero attached hydrogens (tertiary/aromatic N) is 1. The van der Waals surface area contributed by atoms with Gasteiger partial charge in [-0.25, -0.2) is 0 Å². The minimum atomic E-state index is -1.02. The first kappa shape index (κ1) is 14.5. The summed E-state index contributed by atoms with van der Waals surface area (Å²) in [6.07, 6.45) is 2.10. The van der Waals surface area contributed by atoms with E-state index in [-0.39, 0.29) is 25.0 Å². The molecule has 0 aliphatic carbocycles. The Morgan fingerprint density at radius 3 is 2.70 bits per heavy atom. The van der Waals surface area contributed by atoms with Crippen molar-refractivity contribution in [3.05, 3.63) is 35.4 Å². The van der Waals surface area contributed by atoms with Crippen LogP contribution in [0.2, 0.25) is 0 Å². The second-order valence-electron chi connectivity index (χ2n) is 5.21. The van der Waals surface area contributed by atoms with Gasteiger partial charge in [0, 0.05) is 6.04 Å². The van der Waals surface area contributed by atoms with E-state index in [2.05, 4.69) is 41.4 Å². The van der Waals surface area contributed by atoms with E-state index in [0.29, 0.717) is 0 Å². The van der Waals surface area contributed by atoms with Crippen LogP contribution in [0.1, 0.15) is 30.0 Å². The molecule has 0 aromatic heterocycles. The number of aliphatic carboxylic acids is 1. The van der Waals surface area contributed by atoms with Gasteiger partial charge in [-0.2, -0.15) is 0 Å². The smallest absolute Gasteiger partial charge is 0.322 e. The lowest BCUT2D eigenvalue weighted by Gasteiger charge is -2.24. The number of benzene rings is 1. The fourth-order valence-corrected chi connectivity index (χ4v) is 2.60. The monoisotopic (exact) mass is 276 g/mol. The van der Waals surface area contributed by atoms with Crippen LogP contribution in [-0.4, -0.2) is 41.5 Å². The van der Waals surface area contributed by atoms with E-state index in [9.17, 15) is 9.59 Å². The number of carboxylic acids is 1. The van der Waals surface area contributed by atoms with E-state index in [4.69, 9.17) is 5.11 Å². The van der Waals surface area contributed by atoms with Gasteiger partial charge in [0.15, 0.2) is 0 Å². The fraction of sp³-hybridized carbons (Fsp3) is 0.467. The molecule has 0 bridgehead atoms. The van der Waals surface area contributed by atoms with Crippen molar-refractivity contribution in [1.29, 1.82) is 0 Å². The predicted octanol–water partition coefficient (Wildman–Crippen LogP) is 1.33. The fourth-order valence-electron chi connectivity index (χ4n) is 2.60. The maximum atomic E-state index is 11.7. The Bertz CT molecular complexity index is 484. The summed E-state index contributed by atoms with van der Waals surface area (Å²) in [4.78, 5) is 24.3. The molecule has 0 radical (unpaired) electrons. The van der Waals surface area contributed by atoms with Crippen LogP contribution in [-0.2, 0) is 9.59 Å². The van der Waals surface area contributed by atoms with Crippen LogP contribution in [0.15, 0.2) is 24.3 Å². The highest BCUT2D eigenvalue weighted by Gasteiger charge is 2.27. The molecule has 1 saturated heterocycles. The second-order valence-corrected chi connectivity index (χ2v) is 5.21. The topological polar surface area (TPSA) is 69.6 Å². The molecule has 1 aliphatic rings. The van der Waals surface area contributed by atoms with Gasteiger partial charge in [0.05, 0.1) is 6.54 Å². The Hall–Kier alpha value is -1.88. The number of amides is 1. The van der Waals surface area contributed by atoms with Crippen LogP contribution < -0.4 is 5.32 Å². The van der Waals surface area contributed by atoms with Gasteiger partial charge in [-0.1, -0.05) is 29.8 Å². The average molecular weight is 276 g/mol. The quantitative estimate of drug-likeness (QED) is 0.851. The maximum absolute atomic E-state index is 11.7. The Labute approximate surface area is 118 Å². The minimum Gasteiger partial charge on any atom is -0.480 e. The van der Waals surface area contributed by atoms with Crippen molar-refractivity contribution in [2.45, 2.75) is 25.8 Å². The molecule has 0 spiro atoms. The van der Waals surface area contributed by atoms with Crippen LogP contribution in [0.25, 0.3) is 0 Å². The van der Waals surface area contributed by atoms with E-state index in [1.54, 1.807) is 0 Å². The van der Waals surface area contributed by atoms with Gasteiger partial charge < -0.3 is 10.4 Å². The van der Waals surface area contributed by atoms with Crippen molar-refractivity contribution in [2.24, 2.45) is 0 Å². The van der Waals surface area contributed by atoms with Crippen molar-refractivity contribution >= 4 is 11.9 Å². The molecule has 1 unspecified atom stereocenters. The van der Waals surface area contributed by atoms with Crippen LogP contribution in [0.5, 0.6) is 0 Å². The molecule has 1 fully saturated rings. The summed E-state index contributed by atoms with van der Waals surface area (Å²) < 4.78 is 0. The average Bonchev–Trinajstić information content (AvgIpc) is 2.85. The highest BCUT2D eigenvalue weighted by atomic mass is 16.4. The SMILES string of the molecule is Cc1ccc(C2CCCN2CC(=O)NCC(=O)O)cc1. The van der Waals surface area contributed by atoms with Gasteiger partial charge in [-0.05, 0) is 31.9 Å². The summed E-state index contributed by atoms with van der Waals surface area (Å²) in [6, 6.07) is 8.62. The molecule has 1 amide bonds. The number of likely N-dealkylation sites (tertiary alicyclic amines) is 1. The molecule has 1 aromatic rings. The number of carbonyl (C=O) groups is 2. The van der Waals surface area contributed by atoms with Gasteiger partial charge in [0.25, 0.3) is 0 Å². The van der Waals surface area contributed by atoms with Crippen molar-refractivity contribution in [1.82, 2.24) is 10.2 Å². The van der Waals surface area contributed by atoms with Gasteiger partial charge in [0.2, 0.25) is 5.91 Å². The summed E-state index contributed by atoms with van der Waals surface area (Å²) >= 11 is 0. The maximum Gasteiger partial charge on any atom is 0.322 e. The Balaban J connectivity index is 1.95. The van der Waals surface area contributed by atoms with Crippen LogP contribution in [0.3, 0.4) is 0 Å². The molecule has 20 heavy (non-hydrogen) atoms. The molecule has 1 atom stereocenters. The molecule has 1 heterocycles. The van der Waals surface area contributed by atoms with Crippen molar-refractivity contribution in [3.63, 3.8) is 0 Å². The zero-order valence-corrected chi connectivity index (χ0v) is 11.6. The predicted molar refractivity (Wildman–Crippen MR) is 75.4 cm³/mol. The summed E-state index contributed by atoms with van der Waals surface area (Å²) in [7, 11) is 0. The Morgan fingerprint density at radius 1 is 1.35 bits per heavy atom. The first-order valence-corrected chi connectivity index (χ1v) is 6.85. The van der Waals surface area contributed by atoms with E-state index in [1.165, 1.54) is 11.1 Å². The van der Waals surface area contributed by atoms with Gasteiger partial charge in [-0.3, -0.25) is 14.5 Å². The van der Waals surface area contributed by atoms with E-state index in [0.717, 1.165) is 19.4 Å². The first-order chi connectivity index (χ1) is 9.56. The number of carbonyl (C=O) groups excluding carboxylic acids is 1. The molecular weight excluding hydrogens is 256 g/mol. The standard InChI is InChI=1S/C15H20N2O3/c1-11-4-6-12(7-5-11)13-3-2-8-17(13)10-14(18)16-9-15(19)20/h4-7,13H,2-3,8-10H2,1H3,(H,16,18)(H,19,20). The molecule has 5 nitrogen and oxygen atoms in total. The zero-order chi connectivity index (χ0) is 14.5. The van der Waals surface area contributed by atoms with Gasteiger partial charge in [0.1, 0.15) is 6.54 Å². The number of hydrogen-bond donors (Lipinski definition) is 2. The molecule has 1 aromatic carbocycles. The number of hydrogen-bond acceptors (Lipinski definition) is 3. The summed E-state index contributed by atoms with van der Waals surface area (Å²) in [6.45, 7) is 2.86. The molecule has 108 valence electrons. The second kappa shape index (κ2) is 6.52. The van der Waals surface area contributed by atoms with Crippen molar-refractivity contribution in [2.75, 3.05) is 19.6 Å². The largest absolute Gasteiger partial charge is 0.480 e. The molecule has 0 saturated carbocycles. The number of nitrogens with one attached hydrogen (secondary N) is 1. The molecule has 2 N–H and O–H groups in total. The van der Waals surface area contributed by atoms with E-state index < -0.39 is 5.97 Å². The van der Waals surface area contributed by atoms with Crippen LogP contribution in [0.4, 0.5) is 0 Å². The lowest BCUT2D eigenvalue weighted by molar-refractivity contribution is -0.138. The van der Waals surface area contributed by atoms with E-state index in [1.807, 2.05) is 0 Å². The van der Waals surface area contributed by atoms with Crippen molar-refractivity contribution < 1.29 is 14.7 Å². The highest BCUT2D eigenvalue weighted by molar-refractivity contribution is 5.82. The highest BCUT2D eigenvalue weighted by Crippen LogP contribution is 2.31. The summed E-state index contributed by atoms with van der Waals surface area (Å²) in [5.41, 5.74) is 2.44. The molecular formula is C15H20N2O3. The summed E-state index contributed by atoms with van der Waals surface area (Å²) in [5.74, 6) is -1.25. The Morgan fingerprint density at radius 2 is 2.05 bits per heavy atom. The third kappa shape index (κ3) is 3.81. The normalized spacial score (nSPS) is 18.9. The third-order valence-electron chi connectivity index (χ3n) is 3.61.